The van der Waals surface area contributed by atoms with E-state index in [9.17, 15) is 4.79 Å². The van der Waals surface area contributed by atoms with Gasteiger partial charge in [-0.3, -0.25) is 9.20 Å². The van der Waals surface area contributed by atoms with Gasteiger partial charge in [0.15, 0.2) is 0 Å². The summed E-state index contributed by atoms with van der Waals surface area (Å²) in [6.45, 7) is 4.05. The van der Waals surface area contributed by atoms with E-state index in [1.165, 1.54) is 5.56 Å². The Bertz CT molecular complexity index is 1130. The molecule has 2 heterocycles. The number of nitrogens with zero attached hydrogens (tertiary/aromatic N) is 2. The van der Waals surface area contributed by atoms with Crippen molar-refractivity contribution in [1.82, 2.24) is 9.38 Å². The lowest BCUT2D eigenvalue weighted by molar-refractivity contribution is 0.102. The molecule has 0 saturated carbocycles. The zero-order chi connectivity index (χ0) is 19.0. The van der Waals surface area contributed by atoms with E-state index in [-0.39, 0.29) is 5.91 Å². The largest absolute Gasteiger partial charge is 0.306 e. The maximum absolute atomic E-state index is 12.8. The molecule has 134 valence electrons. The van der Waals surface area contributed by atoms with Crippen molar-refractivity contribution >= 4 is 29.0 Å². The van der Waals surface area contributed by atoms with E-state index in [4.69, 9.17) is 16.6 Å². The molecule has 0 saturated heterocycles. The molecule has 4 nitrogen and oxygen atoms in total. The normalized spacial score (nSPS) is 10.9. The lowest BCUT2D eigenvalue weighted by atomic mass is 10.1. The molecular formula is C22H18ClN3O. The molecule has 0 atom stereocenters. The van der Waals surface area contributed by atoms with Crippen LogP contribution in [0.4, 0.5) is 5.82 Å². The summed E-state index contributed by atoms with van der Waals surface area (Å²) in [4.78, 5) is 17.6. The molecule has 0 aliphatic carbocycles. The number of aryl methyl sites for hydroxylation is 2. The van der Waals surface area contributed by atoms with Crippen molar-refractivity contribution in [2.75, 3.05) is 5.32 Å². The van der Waals surface area contributed by atoms with Crippen LogP contribution < -0.4 is 5.32 Å². The molecule has 0 radical (unpaired) electrons. The van der Waals surface area contributed by atoms with Crippen LogP contribution in [-0.4, -0.2) is 15.3 Å². The Balaban J connectivity index is 1.83. The minimum atomic E-state index is -0.205. The smallest absolute Gasteiger partial charge is 0.256 e. The highest BCUT2D eigenvalue weighted by atomic mass is 35.5. The van der Waals surface area contributed by atoms with Crippen molar-refractivity contribution in [2.45, 2.75) is 13.8 Å². The van der Waals surface area contributed by atoms with Crippen molar-refractivity contribution < 1.29 is 4.79 Å². The fraction of sp³-hybridized carbons (Fsp3) is 0.0909. The fourth-order valence-electron chi connectivity index (χ4n) is 3.02. The first kappa shape index (κ1) is 17.3. The minimum Gasteiger partial charge on any atom is -0.306 e. The Morgan fingerprint density at radius 2 is 1.70 bits per heavy atom. The summed E-state index contributed by atoms with van der Waals surface area (Å²) in [5.41, 5.74) is 5.27. The van der Waals surface area contributed by atoms with E-state index in [1.54, 1.807) is 24.3 Å². The zero-order valence-electron chi connectivity index (χ0n) is 15.0. The Kier molecular flexibility index (Phi) is 4.42. The van der Waals surface area contributed by atoms with E-state index in [2.05, 4.69) is 5.32 Å². The molecule has 0 aliphatic heterocycles. The van der Waals surface area contributed by atoms with Crippen LogP contribution in [0.2, 0.25) is 5.02 Å². The third kappa shape index (κ3) is 3.32. The highest BCUT2D eigenvalue weighted by molar-refractivity contribution is 6.30. The predicted octanol–water partition coefficient (Wildman–Crippen LogP) is 5.52. The molecule has 0 spiro atoms. The predicted molar refractivity (Wildman–Crippen MR) is 110 cm³/mol. The second-order valence-corrected chi connectivity index (χ2v) is 6.96. The molecule has 1 amide bonds. The topological polar surface area (TPSA) is 46.4 Å². The van der Waals surface area contributed by atoms with Gasteiger partial charge < -0.3 is 5.32 Å². The van der Waals surface area contributed by atoms with Crippen LogP contribution in [0.5, 0.6) is 0 Å². The van der Waals surface area contributed by atoms with Crippen LogP contribution in [-0.2, 0) is 0 Å². The number of aromatic nitrogens is 2. The standard InChI is InChI=1S/C22H18ClN3O/c1-14-5-7-16(8-6-14)19-21(26-13-3-4-15(2)20(26)24-19)25-22(27)17-9-11-18(23)12-10-17/h3-13H,1-2H3,(H,25,27). The lowest BCUT2D eigenvalue weighted by Crippen LogP contribution is -2.14. The third-order valence-electron chi connectivity index (χ3n) is 4.51. The van der Waals surface area contributed by atoms with Crippen LogP contribution in [0.3, 0.4) is 0 Å². The summed E-state index contributed by atoms with van der Waals surface area (Å²) in [5.74, 6) is 0.445. The number of pyridine rings is 1. The molecule has 0 fully saturated rings. The Morgan fingerprint density at radius 3 is 2.41 bits per heavy atom. The van der Waals surface area contributed by atoms with E-state index < -0.39 is 0 Å². The number of imidazole rings is 1. The van der Waals surface area contributed by atoms with Gasteiger partial charge in [-0.25, -0.2) is 4.98 Å². The first-order valence-corrected chi connectivity index (χ1v) is 9.02. The number of hydrogen-bond acceptors (Lipinski definition) is 2. The maximum atomic E-state index is 12.8. The number of nitrogens with one attached hydrogen (secondary N) is 1. The summed E-state index contributed by atoms with van der Waals surface area (Å²) in [5, 5.41) is 3.62. The van der Waals surface area contributed by atoms with Crippen LogP contribution in [0.25, 0.3) is 16.9 Å². The van der Waals surface area contributed by atoms with Gasteiger partial charge >= 0.3 is 0 Å². The number of carbonyl (C=O) groups is 1. The molecule has 2 aromatic heterocycles. The van der Waals surface area contributed by atoms with Crippen molar-refractivity contribution in [1.29, 1.82) is 0 Å². The summed E-state index contributed by atoms with van der Waals surface area (Å²) in [6, 6.07) is 18.9. The summed E-state index contributed by atoms with van der Waals surface area (Å²) < 4.78 is 1.92. The first-order valence-electron chi connectivity index (χ1n) is 8.64. The second kappa shape index (κ2) is 6.89. The van der Waals surface area contributed by atoms with Gasteiger partial charge in [-0.1, -0.05) is 47.5 Å². The monoisotopic (exact) mass is 375 g/mol. The fourth-order valence-corrected chi connectivity index (χ4v) is 3.14. The first-order chi connectivity index (χ1) is 13.0. The molecule has 4 aromatic rings. The minimum absolute atomic E-state index is 0.205. The number of rotatable bonds is 3. The number of anilines is 1. The number of hydrogen-bond donors (Lipinski definition) is 1. The quantitative estimate of drug-likeness (QED) is 0.512. The van der Waals surface area contributed by atoms with E-state index in [0.717, 1.165) is 22.5 Å². The van der Waals surface area contributed by atoms with Gasteiger partial charge in [0.1, 0.15) is 17.2 Å². The SMILES string of the molecule is Cc1ccc(-c2nc3c(C)cccn3c2NC(=O)c2ccc(Cl)cc2)cc1. The molecule has 2 aromatic carbocycles. The highest BCUT2D eigenvalue weighted by Crippen LogP contribution is 2.30. The van der Waals surface area contributed by atoms with E-state index >= 15 is 0 Å². The number of amides is 1. The zero-order valence-corrected chi connectivity index (χ0v) is 15.8. The van der Waals surface area contributed by atoms with Gasteiger partial charge in [-0.2, -0.15) is 0 Å². The van der Waals surface area contributed by atoms with Gasteiger partial charge in [0, 0.05) is 22.3 Å². The average molecular weight is 376 g/mol. The Hall–Kier alpha value is -3.11. The lowest BCUT2D eigenvalue weighted by Gasteiger charge is -2.08. The molecule has 5 heteroatoms. The Labute approximate surface area is 162 Å². The van der Waals surface area contributed by atoms with Crippen molar-refractivity contribution in [3.05, 3.63) is 88.6 Å². The van der Waals surface area contributed by atoms with Crippen LogP contribution in [0.15, 0.2) is 66.9 Å². The van der Waals surface area contributed by atoms with Crippen molar-refractivity contribution in [2.24, 2.45) is 0 Å². The van der Waals surface area contributed by atoms with E-state index in [0.29, 0.717) is 16.4 Å². The number of halogens is 1. The van der Waals surface area contributed by atoms with Crippen molar-refractivity contribution in [3.8, 4) is 11.3 Å². The number of carbonyl (C=O) groups excluding carboxylic acids is 1. The van der Waals surface area contributed by atoms with Gasteiger partial charge in [-0.15, -0.1) is 0 Å². The highest BCUT2D eigenvalue weighted by Gasteiger charge is 2.18. The Morgan fingerprint density at radius 1 is 1.00 bits per heavy atom. The number of fused-ring (bicyclic) bond motifs is 1. The maximum Gasteiger partial charge on any atom is 0.256 e. The van der Waals surface area contributed by atoms with Gasteiger partial charge in [0.05, 0.1) is 0 Å². The van der Waals surface area contributed by atoms with E-state index in [1.807, 2.05) is 60.8 Å². The molecular weight excluding hydrogens is 358 g/mol. The molecule has 0 unspecified atom stereocenters. The summed E-state index contributed by atoms with van der Waals surface area (Å²) in [6.07, 6.45) is 1.91. The van der Waals surface area contributed by atoms with Gasteiger partial charge in [-0.05, 0) is 49.7 Å². The van der Waals surface area contributed by atoms with Gasteiger partial charge in [0.2, 0.25) is 0 Å². The molecule has 27 heavy (non-hydrogen) atoms. The van der Waals surface area contributed by atoms with Crippen LogP contribution in [0, 0.1) is 13.8 Å². The van der Waals surface area contributed by atoms with Crippen molar-refractivity contribution in [3.63, 3.8) is 0 Å². The van der Waals surface area contributed by atoms with Gasteiger partial charge in [0.25, 0.3) is 5.91 Å². The molecule has 4 rings (SSSR count). The molecule has 0 bridgehead atoms. The van der Waals surface area contributed by atoms with Crippen LogP contribution in [0.1, 0.15) is 21.5 Å². The summed E-state index contributed by atoms with van der Waals surface area (Å²) in [7, 11) is 0. The average Bonchev–Trinajstić information content (AvgIpc) is 3.03. The molecule has 0 aliphatic rings. The molecule has 1 N–H and O–H groups in total. The third-order valence-corrected chi connectivity index (χ3v) is 4.76. The number of benzene rings is 2. The second-order valence-electron chi connectivity index (χ2n) is 6.52. The summed E-state index contributed by atoms with van der Waals surface area (Å²) >= 11 is 5.93. The van der Waals surface area contributed by atoms with Crippen LogP contribution >= 0.6 is 11.6 Å².